The molecule has 0 aromatic rings. The molecule has 0 spiro atoms. The van der Waals surface area contributed by atoms with Crippen LogP contribution in [0.5, 0.6) is 0 Å². The van der Waals surface area contributed by atoms with Gasteiger partial charge in [0.25, 0.3) is 0 Å². The number of hydrogen-bond acceptors (Lipinski definition) is 1. The molecule has 0 aliphatic heterocycles. The van der Waals surface area contributed by atoms with Gasteiger partial charge in [0.15, 0.2) is 0 Å². The molecule has 0 heterocycles. The van der Waals surface area contributed by atoms with Crippen molar-refractivity contribution in [2.24, 2.45) is 22.2 Å². The molecular weight excluding hydrogens is 344 g/mol. The van der Waals surface area contributed by atoms with Crippen molar-refractivity contribution < 1.29 is 9.90 Å². The third-order valence-corrected chi connectivity index (χ3v) is 9.56. The number of aliphatic carboxylic acids is 1. The van der Waals surface area contributed by atoms with Crippen LogP contribution < -0.4 is 0 Å². The van der Waals surface area contributed by atoms with Crippen molar-refractivity contribution in [3.63, 3.8) is 0 Å². The van der Waals surface area contributed by atoms with Crippen molar-refractivity contribution in [3.8, 4) is 0 Å². The van der Waals surface area contributed by atoms with Crippen molar-refractivity contribution in [1.29, 1.82) is 0 Å². The Hall–Kier alpha value is -0.530. The molecule has 162 valence electrons. The molecule has 0 atom stereocenters. The maximum atomic E-state index is 12.7. The zero-order valence-corrected chi connectivity index (χ0v) is 18.9. The second-order valence-electron chi connectivity index (χ2n) is 10.8. The van der Waals surface area contributed by atoms with Gasteiger partial charge in [-0.15, -0.1) is 0 Å². The zero-order chi connectivity index (χ0) is 20.1. The van der Waals surface area contributed by atoms with E-state index in [9.17, 15) is 9.90 Å². The summed E-state index contributed by atoms with van der Waals surface area (Å²) >= 11 is 0. The molecule has 0 radical (unpaired) electrons. The molecule has 2 nitrogen and oxygen atoms in total. The lowest BCUT2D eigenvalue weighted by atomic mass is 9.46. The van der Waals surface area contributed by atoms with Crippen LogP contribution >= 0.6 is 0 Å². The number of carboxylic acids is 1. The van der Waals surface area contributed by atoms with Crippen molar-refractivity contribution >= 4 is 5.97 Å². The summed E-state index contributed by atoms with van der Waals surface area (Å²) in [4.78, 5) is 12.7. The average molecular weight is 391 g/mol. The molecule has 0 amide bonds. The Morgan fingerprint density at radius 2 is 1.39 bits per heavy atom. The van der Waals surface area contributed by atoms with Crippen LogP contribution in [-0.4, -0.2) is 11.1 Å². The lowest BCUT2D eigenvalue weighted by molar-refractivity contribution is -0.171. The summed E-state index contributed by atoms with van der Waals surface area (Å²) in [5.74, 6) is 0.457. The normalized spacial score (nSPS) is 34.2. The fraction of sp³-hybridized carbons (Fsp3) is 0.962. The van der Waals surface area contributed by atoms with E-state index in [0.29, 0.717) is 5.41 Å². The van der Waals surface area contributed by atoms with E-state index in [1.165, 1.54) is 83.5 Å². The molecule has 0 aromatic heterocycles. The summed E-state index contributed by atoms with van der Waals surface area (Å²) < 4.78 is 0. The van der Waals surface area contributed by atoms with Crippen molar-refractivity contribution in [1.82, 2.24) is 0 Å². The Bertz CT molecular complexity index is 489. The smallest absolute Gasteiger partial charge is 0.310 e. The molecular formula is C26H46O2. The molecule has 0 aromatic carbocycles. The van der Waals surface area contributed by atoms with E-state index < -0.39 is 11.4 Å². The Balaban J connectivity index is 1.85. The largest absolute Gasteiger partial charge is 0.481 e. The summed E-state index contributed by atoms with van der Waals surface area (Å²) in [6, 6.07) is 0. The lowest BCUT2D eigenvalue weighted by Crippen LogP contribution is -2.53. The first-order chi connectivity index (χ1) is 13.5. The van der Waals surface area contributed by atoms with E-state index in [-0.39, 0.29) is 5.41 Å². The Labute approximate surface area is 174 Å². The first kappa shape index (κ1) is 22.2. The van der Waals surface area contributed by atoms with Gasteiger partial charge in [0.2, 0.25) is 0 Å². The van der Waals surface area contributed by atoms with Crippen molar-refractivity contribution in [2.45, 2.75) is 136 Å². The average Bonchev–Trinajstić information content (AvgIpc) is 2.74. The lowest BCUT2D eigenvalue weighted by Gasteiger charge is -2.58. The number of carboxylic acid groups (broad SMARTS) is 1. The maximum Gasteiger partial charge on any atom is 0.310 e. The Morgan fingerprint density at radius 3 is 1.93 bits per heavy atom. The highest BCUT2D eigenvalue weighted by atomic mass is 16.4. The fourth-order valence-corrected chi connectivity index (χ4v) is 7.91. The van der Waals surface area contributed by atoms with Gasteiger partial charge < -0.3 is 5.11 Å². The van der Waals surface area contributed by atoms with Gasteiger partial charge in [0, 0.05) is 0 Å². The summed E-state index contributed by atoms with van der Waals surface area (Å²) in [5.41, 5.74) is 0.172. The summed E-state index contributed by atoms with van der Waals surface area (Å²) in [7, 11) is 0. The van der Waals surface area contributed by atoms with Crippen LogP contribution in [0.25, 0.3) is 0 Å². The van der Waals surface area contributed by atoms with E-state index in [2.05, 4.69) is 13.8 Å². The number of rotatable bonds is 8. The monoisotopic (exact) mass is 390 g/mol. The van der Waals surface area contributed by atoms with E-state index in [1.807, 2.05) is 0 Å². The van der Waals surface area contributed by atoms with Crippen molar-refractivity contribution in [3.05, 3.63) is 0 Å². The van der Waals surface area contributed by atoms with Gasteiger partial charge in [0.1, 0.15) is 0 Å². The highest BCUT2D eigenvalue weighted by molar-refractivity contribution is 5.76. The summed E-state index contributed by atoms with van der Waals surface area (Å²) in [6.07, 6.45) is 23.9. The van der Waals surface area contributed by atoms with Gasteiger partial charge in [0.05, 0.1) is 5.41 Å². The highest BCUT2D eigenvalue weighted by Crippen LogP contribution is 2.64. The standard InChI is InChI=1S/C26H46O2/c1-3-5-15-24(22-12-8-6-9-13-22)18-20-25(14-4-2,21-19-24)26(23(27)28)16-10-7-11-17-26/h22H,3-21H2,1-2H3,(H,27,28). The van der Waals surface area contributed by atoms with Crippen LogP contribution in [0.4, 0.5) is 0 Å². The second-order valence-corrected chi connectivity index (χ2v) is 10.8. The fourth-order valence-electron chi connectivity index (χ4n) is 7.91. The van der Waals surface area contributed by atoms with Crippen LogP contribution in [0.1, 0.15) is 136 Å². The topological polar surface area (TPSA) is 37.3 Å². The van der Waals surface area contributed by atoms with Crippen LogP contribution in [0.15, 0.2) is 0 Å². The van der Waals surface area contributed by atoms with Gasteiger partial charge in [-0.25, -0.2) is 0 Å². The SMILES string of the molecule is CCCCC1(C2CCCCC2)CCC(CCC)(C2(C(=O)O)CCCCC2)CC1. The molecule has 3 saturated carbocycles. The van der Waals surface area contributed by atoms with Crippen LogP contribution in [0.2, 0.25) is 0 Å². The predicted octanol–water partition coefficient (Wildman–Crippen LogP) is 8.14. The molecule has 3 aliphatic rings. The van der Waals surface area contributed by atoms with Crippen LogP contribution in [-0.2, 0) is 4.79 Å². The molecule has 2 heteroatoms. The minimum absolute atomic E-state index is 0.0678. The summed E-state index contributed by atoms with van der Waals surface area (Å²) in [5, 5.41) is 10.5. The quantitative estimate of drug-likeness (QED) is 0.454. The third-order valence-electron chi connectivity index (χ3n) is 9.56. The van der Waals surface area contributed by atoms with Gasteiger partial charge >= 0.3 is 5.97 Å². The minimum atomic E-state index is -0.459. The van der Waals surface area contributed by atoms with Crippen LogP contribution in [0.3, 0.4) is 0 Å². The molecule has 3 rings (SSSR count). The zero-order valence-electron chi connectivity index (χ0n) is 18.9. The van der Waals surface area contributed by atoms with E-state index in [0.717, 1.165) is 44.4 Å². The Morgan fingerprint density at radius 1 is 0.786 bits per heavy atom. The van der Waals surface area contributed by atoms with Gasteiger partial charge in [-0.1, -0.05) is 71.6 Å². The van der Waals surface area contributed by atoms with Gasteiger partial charge in [-0.2, -0.15) is 0 Å². The number of unbranched alkanes of at least 4 members (excludes halogenated alkanes) is 1. The molecule has 0 unspecified atom stereocenters. The van der Waals surface area contributed by atoms with E-state index in [4.69, 9.17) is 0 Å². The molecule has 0 bridgehead atoms. The molecule has 3 fully saturated rings. The second kappa shape index (κ2) is 9.52. The molecule has 0 saturated heterocycles. The van der Waals surface area contributed by atoms with E-state index in [1.54, 1.807) is 0 Å². The summed E-state index contributed by atoms with van der Waals surface area (Å²) in [6.45, 7) is 4.61. The first-order valence-electron chi connectivity index (χ1n) is 12.8. The van der Waals surface area contributed by atoms with Gasteiger partial charge in [-0.3, -0.25) is 4.79 Å². The molecule has 1 N–H and O–H groups in total. The number of hydrogen-bond donors (Lipinski definition) is 1. The van der Waals surface area contributed by atoms with E-state index >= 15 is 0 Å². The van der Waals surface area contributed by atoms with Crippen LogP contribution in [0, 0.1) is 22.2 Å². The number of carbonyl (C=O) groups is 1. The minimum Gasteiger partial charge on any atom is -0.481 e. The predicted molar refractivity (Wildman–Crippen MR) is 117 cm³/mol. The molecule has 3 aliphatic carbocycles. The highest BCUT2D eigenvalue weighted by Gasteiger charge is 2.58. The van der Waals surface area contributed by atoms with Crippen molar-refractivity contribution in [2.75, 3.05) is 0 Å². The molecule has 28 heavy (non-hydrogen) atoms. The third kappa shape index (κ3) is 4.04. The van der Waals surface area contributed by atoms with Gasteiger partial charge in [-0.05, 0) is 81.0 Å². The first-order valence-corrected chi connectivity index (χ1v) is 12.8. The maximum absolute atomic E-state index is 12.7. The Kier molecular flexibility index (Phi) is 7.54.